The van der Waals surface area contributed by atoms with Crippen LogP contribution in [0.4, 0.5) is 0 Å². The van der Waals surface area contributed by atoms with Crippen LogP contribution in [0, 0.1) is 11.3 Å². The second-order valence-corrected chi connectivity index (χ2v) is 3.27. The number of nitrogens with two attached hydrogens (primary N) is 1. The van der Waals surface area contributed by atoms with Crippen LogP contribution in [0.15, 0.2) is 18.3 Å². The number of primary amides is 1. The van der Waals surface area contributed by atoms with E-state index in [1.807, 2.05) is 6.07 Å². The maximum Gasteiger partial charge on any atom is 0.220 e. The first-order valence-electron chi connectivity index (χ1n) is 4.55. The molecule has 0 aliphatic rings. The molecule has 1 heterocycles. The topological polar surface area (TPSA) is 120 Å². The third kappa shape index (κ3) is 3.02. The molecule has 1 aromatic rings. The van der Waals surface area contributed by atoms with Crippen molar-refractivity contribution in [3.63, 3.8) is 0 Å². The molecule has 0 aliphatic heterocycles. The molecule has 0 fully saturated rings. The predicted octanol–water partition coefficient (Wildman–Crippen LogP) is -0.777. The van der Waals surface area contributed by atoms with E-state index in [1.54, 1.807) is 0 Å². The molecule has 1 rings (SSSR count). The van der Waals surface area contributed by atoms with E-state index in [0.717, 1.165) is 0 Å². The number of hydrogen-bond acceptors (Lipinski definition) is 5. The molecule has 0 saturated heterocycles. The van der Waals surface area contributed by atoms with E-state index < -0.39 is 18.1 Å². The monoisotopic (exact) mass is 221 g/mol. The second kappa shape index (κ2) is 5.21. The minimum atomic E-state index is -1.29. The van der Waals surface area contributed by atoms with Crippen LogP contribution in [0.2, 0.25) is 0 Å². The summed E-state index contributed by atoms with van der Waals surface area (Å²) in [6.07, 6.45) is -1.66. The summed E-state index contributed by atoms with van der Waals surface area (Å²) < 4.78 is 0. The summed E-state index contributed by atoms with van der Waals surface area (Å²) in [5.41, 5.74) is 5.42. The second-order valence-electron chi connectivity index (χ2n) is 3.27. The number of rotatable bonds is 4. The number of carbonyl (C=O) groups is 1. The first-order chi connectivity index (χ1) is 7.54. The fraction of sp³-hybridized carbons (Fsp3) is 0.300. The van der Waals surface area contributed by atoms with Gasteiger partial charge in [0.15, 0.2) is 0 Å². The van der Waals surface area contributed by atoms with Crippen LogP contribution in [0.5, 0.6) is 0 Å². The van der Waals surface area contributed by atoms with Crippen molar-refractivity contribution in [2.75, 3.05) is 0 Å². The third-order valence-corrected chi connectivity index (χ3v) is 1.99. The summed E-state index contributed by atoms with van der Waals surface area (Å²) in [6.45, 7) is 0. The first kappa shape index (κ1) is 12.1. The van der Waals surface area contributed by atoms with E-state index in [2.05, 4.69) is 4.98 Å². The van der Waals surface area contributed by atoms with Crippen LogP contribution < -0.4 is 5.73 Å². The summed E-state index contributed by atoms with van der Waals surface area (Å²) >= 11 is 0. The van der Waals surface area contributed by atoms with Crippen molar-refractivity contribution in [1.29, 1.82) is 5.26 Å². The van der Waals surface area contributed by atoms with Crippen LogP contribution in [0.3, 0.4) is 0 Å². The molecular formula is C10H11N3O3. The maximum absolute atomic E-state index is 10.5. The van der Waals surface area contributed by atoms with Crippen molar-refractivity contribution >= 4 is 5.91 Å². The van der Waals surface area contributed by atoms with Crippen LogP contribution >= 0.6 is 0 Å². The lowest BCUT2D eigenvalue weighted by molar-refractivity contribution is -0.121. The van der Waals surface area contributed by atoms with Gasteiger partial charge in [-0.05, 0) is 12.1 Å². The largest absolute Gasteiger partial charge is 0.389 e. The average Bonchev–Trinajstić information content (AvgIpc) is 2.27. The molecule has 16 heavy (non-hydrogen) atoms. The van der Waals surface area contributed by atoms with Gasteiger partial charge in [-0.25, -0.2) is 0 Å². The number of carbonyl (C=O) groups excluding carboxylic acids is 1. The van der Waals surface area contributed by atoms with Crippen LogP contribution in [-0.4, -0.2) is 27.2 Å². The van der Waals surface area contributed by atoms with Gasteiger partial charge in [0.1, 0.15) is 12.2 Å². The number of nitriles is 1. The number of amides is 1. The van der Waals surface area contributed by atoms with Gasteiger partial charge < -0.3 is 15.9 Å². The fourth-order valence-electron chi connectivity index (χ4n) is 1.16. The van der Waals surface area contributed by atoms with Crippen LogP contribution in [-0.2, 0) is 4.79 Å². The highest BCUT2D eigenvalue weighted by Crippen LogP contribution is 2.16. The highest BCUT2D eigenvalue weighted by molar-refractivity contribution is 5.74. The SMILES string of the molecule is N#Cc1ccc(C(O)C(O)CC(N)=O)nc1. The Morgan fingerprint density at radius 3 is 2.69 bits per heavy atom. The van der Waals surface area contributed by atoms with Crippen molar-refractivity contribution in [2.45, 2.75) is 18.6 Å². The lowest BCUT2D eigenvalue weighted by atomic mass is 10.1. The van der Waals surface area contributed by atoms with Crippen molar-refractivity contribution in [1.82, 2.24) is 4.98 Å². The number of aliphatic hydroxyl groups excluding tert-OH is 2. The molecular weight excluding hydrogens is 210 g/mol. The summed E-state index contributed by atoms with van der Waals surface area (Å²) in [6, 6.07) is 4.74. The normalized spacial score (nSPS) is 13.8. The molecule has 2 atom stereocenters. The summed E-state index contributed by atoms with van der Waals surface area (Å²) in [5.74, 6) is -0.708. The Morgan fingerprint density at radius 1 is 1.56 bits per heavy atom. The minimum Gasteiger partial charge on any atom is -0.389 e. The first-order valence-corrected chi connectivity index (χ1v) is 4.55. The highest BCUT2D eigenvalue weighted by atomic mass is 16.3. The predicted molar refractivity (Wildman–Crippen MR) is 53.7 cm³/mol. The van der Waals surface area contributed by atoms with Gasteiger partial charge in [-0.15, -0.1) is 0 Å². The van der Waals surface area contributed by atoms with Gasteiger partial charge in [0.05, 0.1) is 23.8 Å². The van der Waals surface area contributed by atoms with Gasteiger partial charge in [-0.3, -0.25) is 9.78 Å². The molecule has 0 radical (unpaired) electrons. The van der Waals surface area contributed by atoms with E-state index in [9.17, 15) is 15.0 Å². The Bertz CT molecular complexity index is 410. The number of hydrogen-bond donors (Lipinski definition) is 3. The maximum atomic E-state index is 10.5. The zero-order valence-electron chi connectivity index (χ0n) is 8.37. The molecule has 6 nitrogen and oxygen atoms in total. The van der Waals surface area contributed by atoms with E-state index in [-0.39, 0.29) is 12.1 Å². The molecule has 4 N–H and O–H groups in total. The Hall–Kier alpha value is -1.97. The Morgan fingerprint density at radius 2 is 2.25 bits per heavy atom. The number of aromatic nitrogens is 1. The number of pyridine rings is 1. The summed E-state index contributed by atoms with van der Waals surface area (Å²) in [7, 11) is 0. The number of aliphatic hydroxyl groups is 2. The number of nitrogens with zero attached hydrogens (tertiary/aromatic N) is 2. The molecule has 1 aromatic heterocycles. The quantitative estimate of drug-likeness (QED) is 0.616. The summed E-state index contributed by atoms with van der Waals surface area (Å²) in [5, 5.41) is 27.5. The average molecular weight is 221 g/mol. The Kier molecular flexibility index (Phi) is 3.94. The third-order valence-electron chi connectivity index (χ3n) is 1.99. The van der Waals surface area contributed by atoms with E-state index in [4.69, 9.17) is 11.0 Å². The standard InChI is InChI=1S/C10H11N3O3/c11-4-6-1-2-7(13-5-6)10(16)8(14)3-9(12)15/h1-2,5,8,10,14,16H,3H2,(H2,12,15). The fourth-order valence-corrected chi connectivity index (χ4v) is 1.16. The zero-order chi connectivity index (χ0) is 12.1. The Labute approximate surface area is 92.0 Å². The van der Waals surface area contributed by atoms with Gasteiger partial charge >= 0.3 is 0 Å². The van der Waals surface area contributed by atoms with E-state index in [1.165, 1.54) is 18.3 Å². The molecule has 0 bridgehead atoms. The molecule has 1 amide bonds. The van der Waals surface area contributed by atoms with Gasteiger partial charge in [0.2, 0.25) is 5.91 Å². The van der Waals surface area contributed by atoms with Crippen LogP contribution in [0.1, 0.15) is 23.8 Å². The lowest BCUT2D eigenvalue weighted by Gasteiger charge is -2.15. The van der Waals surface area contributed by atoms with Crippen molar-refractivity contribution in [2.24, 2.45) is 5.73 Å². The van der Waals surface area contributed by atoms with Crippen molar-refractivity contribution in [3.8, 4) is 6.07 Å². The Balaban J connectivity index is 2.76. The molecule has 0 aromatic carbocycles. The van der Waals surface area contributed by atoms with Gasteiger partial charge in [0, 0.05) is 6.20 Å². The molecule has 0 saturated carbocycles. The molecule has 0 aliphatic carbocycles. The van der Waals surface area contributed by atoms with E-state index in [0.29, 0.717) is 5.56 Å². The van der Waals surface area contributed by atoms with Crippen LogP contribution in [0.25, 0.3) is 0 Å². The molecule has 0 spiro atoms. The minimum absolute atomic E-state index is 0.188. The van der Waals surface area contributed by atoms with Gasteiger partial charge in [-0.1, -0.05) is 0 Å². The molecule has 6 heteroatoms. The molecule has 84 valence electrons. The summed E-state index contributed by atoms with van der Waals surface area (Å²) in [4.78, 5) is 14.3. The van der Waals surface area contributed by atoms with Gasteiger partial charge in [-0.2, -0.15) is 5.26 Å². The van der Waals surface area contributed by atoms with E-state index >= 15 is 0 Å². The van der Waals surface area contributed by atoms with Crippen molar-refractivity contribution in [3.05, 3.63) is 29.6 Å². The van der Waals surface area contributed by atoms with Crippen molar-refractivity contribution < 1.29 is 15.0 Å². The highest BCUT2D eigenvalue weighted by Gasteiger charge is 2.21. The van der Waals surface area contributed by atoms with Gasteiger partial charge in [0.25, 0.3) is 0 Å². The zero-order valence-corrected chi connectivity index (χ0v) is 8.37. The molecule has 2 unspecified atom stereocenters. The smallest absolute Gasteiger partial charge is 0.220 e. The lowest BCUT2D eigenvalue weighted by Crippen LogP contribution is -2.26.